The topological polar surface area (TPSA) is 71.3 Å². The maximum absolute atomic E-state index is 12.0. The number of carbonyl (C=O) groups excluding carboxylic acids is 2. The second kappa shape index (κ2) is 5.18. The fraction of sp³-hybridized carbons (Fsp3) is 0.0769. The van der Waals surface area contributed by atoms with E-state index >= 15 is 0 Å². The van der Waals surface area contributed by atoms with Gasteiger partial charge in [-0.3, -0.25) is 14.9 Å². The monoisotopic (exact) mass is 244 g/mol. The molecule has 0 unspecified atom stereocenters. The molecule has 0 saturated heterocycles. The molecule has 0 saturated carbocycles. The minimum Gasteiger partial charge on any atom is -0.448 e. The van der Waals surface area contributed by atoms with Gasteiger partial charge in [-0.25, -0.2) is 0 Å². The molecule has 0 fully saturated rings. The molecule has 0 atom stereocenters. The quantitative estimate of drug-likeness (QED) is 0.871. The fourth-order valence-corrected chi connectivity index (χ4v) is 1.46. The average Bonchev–Trinajstić information content (AvgIpc) is 2.77. The standard InChI is InChI=1S/C13H12N2O3/c1-9(16)14-13-11(7-8-18-13)12(17)15-10-5-3-2-4-6-10/h2-8H,1H3,(H,14,16)(H,15,17). The predicted molar refractivity (Wildman–Crippen MR) is 67.4 cm³/mol. The molecule has 0 aliphatic carbocycles. The van der Waals surface area contributed by atoms with Crippen LogP contribution < -0.4 is 10.6 Å². The lowest BCUT2D eigenvalue weighted by molar-refractivity contribution is -0.114. The van der Waals surface area contributed by atoms with Crippen molar-refractivity contribution >= 4 is 23.4 Å². The molecule has 0 spiro atoms. The van der Waals surface area contributed by atoms with Gasteiger partial charge in [-0.1, -0.05) is 18.2 Å². The Balaban J connectivity index is 2.14. The van der Waals surface area contributed by atoms with Gasteiger partial charge < -0.3 is 9.73 Å². The molecule has 5 nitrogen and oxygen atoms in total. The zero-order valence-corrected chi connectivity index (χ0v) is 9.77. The Labute approximate surface area is 104 Å². The van der Waals surface area contributed by atoms with Crippen molar-refractivity contribution in [3.8, 4) is 0 Å². The molecule has 2 aromatic rings. The number of para-hydroxylation sites is 1. The molecule has 0 radical (unpaired) electrons. The van der Waals surface area contributed by atoms with E-state index in [0.29, 0.717) is 5.69 Å². The van der Waals surface area contributed by atoms with Gasteiger partial charge in [0.25, 0.3) is 5.91 Å². The molecular weight excluding hydrogens is 232 g/mol. The molecular formula is C13H12N2O3. The average molecular weight is 244 g/mol. The first-order chi connectivity index (χ1) is 8.66. The van der Waals surface area contributed by atoms with Gasteiger partial charge in [-0.05, 0) is 18.2 Å². The SMILES string of the molecule is CC(=O)Nc1occc1C(=O)Nc1ccccc1. The van der Waals surface area contributed by atoms with Crippen LogP contribution in [0.4, 0.5) is 11.6 Å². The van der Waals surface area contributed by atoms with Gasteiger partial charge in [0, 0.05) is 12.6 Å². The maximum atomic E-state index is 12.0. The molecule has 1 aromatic carbocycles. The molecule has 0 aliphatic heterocycles. The summed E-state index contributed by atoms with van der Waals surface area (Å²) >= 11 is 0. The second-order valence-electron chi connectivity index (χ2n) is 3.66. The third kappa shape index (κ3) is 2.76. The summed E-state index contributed by atoms with van der Waals surface area (Å²) in [6.07, 6.45) is 1.35. The van der Waals surface area contributed by atoms with Crippen LogP contribution in [0.5, 0.6) is 0 Å². The molecule has 1 heterocycles. The van der Waals surface area contributed by atoms with Crippen molar-refractivity contribution in [1.82, 2.24) is 0 Å². The predicted octanol–water partition coefficient (Wildman–Crippen LogP) is 2.49. The third-order valence-electron chi connectivity index (χ3n) is 2.23. The molecule has 0 aliphatic rings. The van der Waals surface area contributed by atoms with Crippen molar-refractivity contribution in [3.63, 3.8) is 0 Å². The summed E-state index contributed by atoms with van der Waals surface area (Å²) in [5.74, 6) is -0.478. The van der Waals surface area contributed by atoms with Gasteiger partial charge in [0.05, 0.1) is 6.26 Å². The van der Waals surface area contributed by atoms with E-state index in [4.69, 9.17) is 4.42 Å². The molecule has 18 heavy (non-hydrogen) atoms. The van der Waals surface area contributed by atoms with Crippen molar-refractivity contribution in [2.75, 3.05) is 10.6 Å². The Bertz CT molecular complexity index is 561. The molecule has 5 heteroatoms. The summed E-state index contributed by atoms with van der Waals surface area (Å²) in [6.45, 7) is 1.35. The van der Waals surface area contributed by atoms with Crippen LogP contribution in [0.1, 0.15) is 17.3 Å². The number of amides is 2. The van der Waals surface area contributed by atoms with Crippen molar-refractivity contribution in [3.05, 3.63) is 48.2 Å². The lowest BCUT2D eigenvalue weighted by Crippen LogP contribution is -2.15. The highest BCUT2D eigenvalue weighted by molar-refractivity contribution is 6.08. The highest BCUT2D eigenvalue weighted by Crippen LogP contribution is 2.18. The Morgan fingerprint density at radius 1 is 1.06 bits per heavy atom. The van der Waals surface area contributed by atoms with E-state index in [9.17, 15) is 9.59 Å². The van der Waals surface area contributed by atoms with Crippen LogP contribution in [0, 0.1) is 0 Å². The Hall–Kier alpha value is -2.56. The van der Waals surface area contributed by atoms with E-state index in [1.54, 1.807) is 12.1 Å². The summed E-state index contributed by atoms with van der Waals surface area (Å²) in [7, 11) is 0. The first-order valence-corrected chi connectivity index (χ1v) is 5.38. The van der Waals surface area contributed by atoms with E-state index in [2.05, 4.69) is 10.6 Å². The third-order valence-corrected chi connectivity index (χ3v) is 2.23. The van der Waals surface area contributed by atoms with Gasteiger partial charge in [0.15, 0.2) is 0 Å². The highest BCUT2D eigenvalue weighted by atomic mass is 16.3. The van der Waals surface area contributed by atoms with E-state index in [0.717, 1.165) is 0 Å². The Kier molecular flexibility index (Phi) is 3.43. The Morgan fingerprint density at radius 3 is 2.44 bits per heavy atom. The number of anilines is 2. The van der Waals surface area contributed by atoms with Gasteiger partial charge in [0.2, 0.25) is 11.8 Å². The molecule has 92 valence electrons. The van der Waals surface area contributed by atoms with E-state index in [1.165, 1.54) is 19.3 Å². The summed E-state index contributed by atoms with van der Waals surface area (Å²) in [4.78, 5) is 22.9. The number of hydrogen-bond acceptors (Lipinski definition) is 3. The lowest BCUT2D eigenvalue weighted by atomic mass is 10.2. The number of hydrogen-bond donors (Lipinski definition) is 2. The molecule has 2 amide bonds. The van der Waals surface area contributed by atoms with Gasteiger partial charge in [0.1, 0.15) is 5.56 Å². The first-order valence-electron chi connectivity index (χ1n) is 5.38. The zero-order chi connectivity index (χ0) is 13.0. The van der Waals surface area contributed by atoms with Crippen LogP contribution in [-0.4, -0.2) is 11.8 Å². The molecule has 2 N–H and O–H groups in total. The summed E-state index contributed by atoms with van der Waals surface area (Å²) in [5, 5.41) is 5.16. The van der Waals surface area contributed by atoms with Gasteiger partial charge >= 0.3 is 0 Å². The van der Waals surface area contributed by atoms with Gasteiger partial charge in [-0.15, -0.1) is 0 Å². The van der Waals surface area contributed by atoms with E-state index in [-0.39, 0.29) is 23.3 Å². The molecule has 0 bridgehead atoms. The molecule has 1 aromatic heterocycles. The van der Waals surface area contributed by atoms with E-state index in [1.807, 2.05) is 18.2 Å². The number of rotatable bonds is 3. The van der Waals surface area contributed by atoms with Gasteiger partial charge in [-0.2, -0.15) is 0 Å². The van der Waals surface area contributed by atoms with Crippen molar-refractivity contribution < 1.29 is 14.0 Å². The summed E-state index contributed by atoms with van der Waals surface area (Å²) in [6, 6.07) is 10.5. The first kappa shape index (κ1) is 11.9. The minimum absolute atomic E-state index is 0.149. The van der Waals surface area contributed by atoms with Crippen LogP contribution in [0.3, 0.4) is 0 Å². The minimum atomic E-state index is -0.335. The fourth-order valence-electron chi connectivity index (χ4n) is 1.46. The second-order valence-corrected chi connectivity index (χ2v) is 3.66. The maximum Gasteiger partial charge on any atom is 0.261 e. The van der Waals surface area contributed by atoms with Crippen LogP contribution in [0.2, 0.25) is 0 Å². The van der Waals surface area contributed by atoms with Crippen molar-refractivity contribution in [2.45, 2.75) is 6.92 Å². The highest BCUT2D eigenvalue weighted by Gasteiger charge is 2.15. The smallest absolute Gasteiger partial charge is 0.261 e. The lowest BCUT2D eigenvalue weighted by Gasteiger charge is -2.05. The van der Waals surface area contributed by atoms with Crippen LogP contribution in [0.25, 0.3) is 0 Å². The number of carbonyl (C=O) groups is 2. The van der Waals surface area contributed by atoms with Crippen LogP contribution >= 0.6 is 0 Å². The summed E-state index contributed by atoms with van der Waals surface area (Å²) < 4.78 is 5.04. The van der Waals surface area contributed by atoms with Crippen molar-refractivity contribution in [2.24, 2.45) is 0 Å². The normalized spacial score (nSPS) is 9.83. The van der Waals surface area contributed by atoms with E-state index < -0.39 is 0 Å². The van der Waals surface area contributed by atoms with Crippen LogP contribution in [0.15, 0.2) is 47.1 Å². The summed E-state index contributed by atoms with van der Waals surface area (Å²) in [5.41, 5.74) is 0.964. The Morgan fingerprint density at radius 2 is 1.78 bits per heavy atom. The number of furan rings is 1. The van der Waals surface area contributed by atoms with Crippen LogP contribution in [-0.2, 0) is 4.79 Å². The zero-order valence-electron chi connectivity index (χ0n) is 9.77. The largest absolute Gasteiger partial charge is 0.448 e. The number of nitrogens with one attached hydrogen (secondary N) is 2. The van der Waals surface area contributed by atoms with Crippen molar-refractivity contribution in [1.29, 1.82) is 0 Å². The molecule has 2 rings (SSSR count). The number of benzene rings is 1.